The van der Waals surface area contributed by atoms with Crippen LogP contribution in [0.25, 0.3) is 0 Å². The summed E-state index contributed by atoms with van der Waals surface area (Å²) < 4.78 is 25.2. The molecule has 0 bridgehead atoms. The quantitative estimate of drug-likeness (QED) is 0.837. The third kappa shape index (κ3) is 3.43. The normalized spacial score (nSPS) is 25.3. The molecule has 3 atom stereocenters. The predicted octanol–water partition coefficient (Wildman–Crippen LogP) is 3.40. The molecule has 20 heavy (non-hydrogen) atoms. The average Bonchev–Trinajstić information content (AvgIpc) is 2.43. The lowest BCUT2D eigenvalue weighted by atomic mass is 9.85. The van der Waals surface area contributed by atoms with Crippen LogP contribution in [0.1, 0.15) is 26.7 Å². The van der Waals surface area contributed by atoms with Gasteiger partial charge in [-0.15, -0.1) is 0 Å². The summed E-state index contributed by atoms with van der Waals surface area (Å²) in [4.78, 5) is 0. The Kier molecular flexibility index (Phi) is 5.64. The van der Waals surface area contributed by atoms with Gasteiger partial charge in [-0.1, -0.05) is 24.6 Å². The van der Waals surface area contributed by atoms with E-state index in [1.807, 2.05) is 6.92 Å². The Hall–Kier alpha value is -0.840. The molecule has 1 fully saturated rings. The van der Waals surface area contributed by atoms with Crippen molar-refractivity contribution in [1.29, 1.82) is 0 Å². The fourth-order valence-corrected chi connectivity index (χ4v) is 2.55. The van der Waals surface area contributed by atoms with Crippen LogP contribution in [0.15, 0.2) is 18.2 Å². The van der Waals surface area contributed by atoms with Crippen molar-refractivity contribution in [3.63, 3.8) is 0 Å². The molecule has 0 spiro atoms. The molecular formula is C15H21ClFNO2. The maximum atomic E-state index is 13.8. The van der Waals surface area contributed by atoms with Crippen LogP contribution in [-0.4, -0.2) is 31.4 Å². The van der Waals surface area contributed by atoms with Crippen molar-refractivity contribution in [3.8, 4) is 5.75 Å². The molecule has 1 N–H and O–H groups in total. The highest BCUT2D eigenvalue weighted by atomic mass is 35.5. The average molecular weight is 302 g/mol. The van der Waals surface area contributed by atoms with Crippen LogP contribution in [0.3, 0.4) is 0 Å². The Morgan fingerprint density at radius 2 is 2.20 bits per heavy atom. The first kappa shape index (κ1) is 15.5. The van der Waals surface area contributed by atoms with Crippen molar-refractivity contribution in [2.75, 3.05) is 13.2 Å². The van der Waals surface area contributed by atoms with Crippen LogP contribution >= 0.6 is 11.6 Å². The summed E-state index contributed by atoms with van der Waals surface area (Å²) >= 11 is 5.75. The Morgan fingerprint density at radius 3 is 2.90 bits per heavy atom. The fourth-order valence-electron chi connectivity index (χ4n) is 2.38. The number of nitrogens with one attached hydrogen (secondary N) is 1. The van der Waals surface area contributed by atoms with Gasteiger partial charge in [0, 0.05) is 19.1 Å². The third-order valence-electron chi connectivity index (χ3n) is 3.46. The van der Waals surface area contributed by atoms with Crippen molar-refractivity contribution in [1.82, 2.24) is 5.32 Å². The van der Waals surface area contributed by atoms with Crippen LogP contribution in [0.2, 0.25) is 5.02 Å². The van der Waals surface area contributed by atoms with Gasteiger partial charge in [-0.05, 0) is 32.0 Å². The second-order valence-corrected chi connectivity index (χ2v) is 5.33. The molecule has 1 saturated carbocycles. The van der Waals surface area contributed by atoms with E-state index in [9.17, 15) is 4.39 Å². The number of hydrogen-bond acceptors (Lipinski definition) is 3. The van der Waals surface area contributed by atoms with Gasteiger partial charge in [-0.3, -0.25) is 0 Å². The van der Waals surface area contributed by atoms with Crippen LogP contribution in [0.4, 0.5) is 4.39 Å². The number of halogens is 2. The lowest BCUT2D eigenvalue weighted by molar-refractivity contribution is -0.105. The summed E-state index contributed by atoms with van der Waals surface area (Å²) in [5, 5.41) is 3.50. The van der Waals surface area contributed by atoms with Gasteiger partial charge < -0.3 is 14.8 Å². The standard InChI is InChI=1S/C15H21ClFNO2/c1-3-8-18-11-9-13(15(11)19-4-2)20-12-7-5-6-10(16)14(12)17/h5-7,11,13,15,18H,3-4,8-9H2,1-2H3. The fraction of sp³-hybridized carbons (Fsp3) is 0.600. The molecule has 2 rings (SSSR count). The first-order valence-corrected chi connectivity index (χ1v) is 7.50. The van der Waals surface area contributed by atoms with Crippen molar-refractivity contribution in [2.45, 2.75) is 44.9 Å². The highest BCUT2D eigenvalue weighted by molar-refractivity contribution is 6.30. The molecule has 3 nitrogen and oxygen atoms in total. The Morgan fingerprint density at radius 1 is 1.40 bits per heavy atom. The van der Waals surface area contributed by atoms with Gasteiger partial charge in [0.25, 0.3) is 0 Å². The first-order chi connectivity index (χ1) is 9.67. The smallest absolute Gasteiger partial charge is 0.183 e. The highest BCUT2D eigenvalue weighted by Crippen LogP contribution is 2.32. The molecule has 112 valence electrons. The van der Waals surface area contributed by atoms with Gasteiger partial charge in [-0.25, -0.2) is 4.39 Å². The SMILES string of the molecule is CCCNC1CC(Oc2cccc(Cl)c2F)C1OCC. The zero-order valence-corrected chi connectivity index (χ0v) is 12.6. The summed E-state index contributed by atoms with van der Waals surface area (Å²) in [6.45, 7) is 5.64. The molecule has 0 saturated heterocycles. The minimum Gasteiger partial charge on any atom is -0.484 e. The molecule has 1 aromatic rings. The molecule has 0 heterocycles. The van der Waals surface area contributed by atoms with E-state index in [0.717, 1.165) is 19.4 Å². The van der Waals surface area contributed by atoms with Crippen LogP contribution < -0.4 is 10.1 Å². The van der Waals surface area contributed by atoms with Gasteiger partial charge >= 0.3 is 0 Å². The predicted molar refractivity (Wildman–Crippen MR) is 77.9 cm³/mol. The second kappa shape index (κ2) is 7.25. The Labute approximate surface area is 124 Å². The molecule has 3 unspecified atom stereocenters. The summed E-state index contributed by atoms with van der Waals surface area (Å²) in [5.41, 5.74) is 0. The molecule has 1 aliphatic carbocycles. The van der Waals surface area contributed by atoms with E-state index >= 15 is 0 Å². The number of rotatable bonds is 7. The molecule has 0 aliphatic heterocycles. The van der Waals surface area contributed by atoms with Gasteiger partial charge in [0.15, 0.2) is 11.6 Å². The monoisotopic (exact) mass is 301 g/mol. The van der Waals surface area contributed by atoms with E-state index in [1.54, 1.807) is 12.1 Å². The van der Waals surface area contributed by atoms with Crippen LogP contribution in [0, 0.1) is 5.82 Å². The largest absolute Gasteiger partial charge is 0.484 e. The Bertz CT molecular complexity index is 444. The van der Waals surface area contributed by atoms with E-state index in [0.29, 0.717) is 6.61 Å². The van der Waals surface area contributed by atoms with Gasteiger partial charge in [0.1, 0.15) is 12.2 Å². The van der Waals surface area contributed by atoms with Crippen molar-refractivity contribution in [2.24, 2.45) is 0 Å². The number of hydrogen-bond donors (Lipinski definition) is 1. The zero-order valence-electron chi connectivity index (χ0n) is 11.9. The molecule has 0 aromatic heterocycles. The van der Waals surface area contributed by atoms with Gasteiger partial charge in [0.05, 0.1) is 5.02 Å². The summed E-state index contributed by atoms with van der Waals surface area (Å²) in [6.07, 6.45) is 1.72. The minimum absolute atomic E-state index is 0.0371. The zero-order chi connectivity index (χ0) is 14.5. The van der Waals surface area contributed by atoms with E-state index in [4.69, 9.17) is 21.1 Å². The molecule has 0 radical (unpaired) electrons. The molecule has 1 aromatic carbocycles. The molecule has 5 heteroatoms. The Balaban J connectivity index is 1.97. The van der Waals surface area contributed by atoms with E-state index in [2.05, 4.69) is 12.2 Å². The maximum absolute atomic E-state index is 13.8. The van der Waals surface area contributed by atoms with E-state index in [-0.39, 0.29) is 29.0 Å². The lowest BCUT2D eigenvalue weighted by Crippen LogP contribution is -2.61. The van der Waals surface area contributed by atoms with Gasteiger partial charge in [-0.2, -0.15) is 0 Å². The lowest BCUT2D eigenvalue weighted by Gasteiger charge is -2.44. The molecule has 0 amide bonds. The van der Waals surface area contributed by atoms with Crippen LogP contribution in [0.5, 0.6) is 5.75 Å². The first-order valence-electron chi connectivity index (χ1n) is 7.13. The maximum Gasteiger partial charge on any atom is 0.183 e. The second-order valence-electron chi connectivity index (χ2n) is 4.92. The molecule has 1 aliphatic rings. The number of ether oxygens (including phenoxy) is 2. The van der Waals surface area contributed by atoms with Crippen molar-refractivity contribution < 1.29 is 13.9 Å². The highest BCUT2D eigenvalue weighted by Gasteiger charge is 2.43. The van der Waals surface area contributed by atoms with Crippen molar-refractivity contribution >= 4 is 11.6 Å². The van der Waals surface area contributed by atoms with E-state index in [1.165, 1.54) is 6.07 Å². The number of benzene rings is 1. The minimum atomic E-state index is -0.505. The molecular weight excluding hydrogens is 281 g/mol. The van der Waals surface area contributed by atoms with E-state index < -0.39 is 5.82 Å². The summed E-state index contributed by atoms with van der Waals surface area (Å²) in [5.74, 6) is -0.310. The topological polar surface area (TPSA) is 30.5 Å². The van der Waals surface area contributed by atoms with Crippen LogP contribution in [-0.2, 0) is 4.74 Å². The summed E-state index contributed by atoms with van der Waals surface area (Å²) in [6, 6.07) is 5.07. The third-order valence-corrected chi connectivity index (χ3v) is 3.75. The van der Waals surface area contributed by atoms with Crippen molar-refractivity contribution in [3.05, 3.63) is 29.0 Å². The summed E-state index contributed by atoms with van der Waals surface area (Å²) in [7, 11) is 0. The van der Waals surface area contributed by atoms with Gasteiger partial charge in [0.2, 0.25) is 0 Å².